The minimum atomic E-state index is -1.53. The first kappa shape index (κ1) is 27.1. The Bertz CT molecular complexity index is 1910. The van der Waals surface area contributed by atoms with E-state index in [1.165, 1.54) is 36.4 Å². The quantitative estimate of drug-likeness (QED) is 0.150. The molecule has 1 fully saturated rings. The van der Waals surface area contributed by atoms with Crippen LogP contribution >= 0.6 is 23.2 Å². The third kappa shape index (κ3) is 3.87. The lowest BCUT2D eigenvalue weighted by atomic mass is 9.62. The number of fused-ring (bicyclic) bond motifs is 6. The number of benzene rings is 4. The number of nitro groups is 1. The minimum absolute atomic E-state index is 0.120. The number of nitrogens with one attached hydrogen (secondary N) is 1. The number of amides is 1. The van der Waals surface area contributed by atoms with E-state index in [4.69, 9.17) is 23.2 Å². The smallest absolute Gasteiger partial charge is 0.269 e. The van der Waals surface area contributed by atoms with E-state index in [-0.39, 0.29) is 21.8 Å². The van der Waals surface area contributed by atoms with Crippen molar-refractivity contribution in [3.63, 3.8) is 0 Å². The van der Waals surface area contributed by atoms with Crippen LogP contribution < -0.4 is 5.32 Å². The summed E-state index contributed by atoms with van der Waals surface area (Å²) in [7, 11) is 0. The maximum absolute atomic E-state index is 14.8. The van der Waals surface area contributed by atoms with Gasteiger partial charge in [0.05, 0.1) is 21.9 Å². The number of hydrogen-bond acceptors (Lipinski definition) is 6. The van der Waals surface area contributed by atoms with E-state index in [1.54, 1.807) is 35.4 Å². The molecule has 1 spiro atoms. The molecule has 212 valence electrons. The van der Waals surface area contributed by atoms with E-state index in [1.807, 2.05) is 36.4 Å². The van der Waals surface area contributed by atoms with E-state index in [0.29, 0.717) is 16.3 Å². The molecule has 0 unspecified atom stereocenters. The summed E-state index contributed by atoms with van der Waals surface area (Å²) in [4.78, 5) is 56.5. The maximum atomic E-state index is 14.8. The topological polar surface area (TPSA) is 110 Å². The van der Waals surface area contributed by atoms with Gasteiger partial charge in [-0.25, -0.2) is 0 Å². The SMILES string of the molecule is O=C(c1ccc(Cl)cc1Cl)[C@@H]1[C@@H](C(=O)c2ccc([N+](=O)[O-])cc2)[C@@]2(C(=O)Nc3ccccc32)[C@H]2c3ccccc3C=CN12. The minimum Gasteiger partial charge on any atom is -0.358 e. The van der Waals surface area contributed by atoms with Gasteiger partial charge in [-0.1, -0.05) is 65.7 Å². The lowest BCUT2D eigenvalue weighted by Crippen LogP contribution is -2.49. The zero-order valence-electron chi connectivity index (χ0n) is 22.2. The van der Waals surface area contributed by atoms with Crippen LogP contribution in [0.5, 0.6) is 0 Å². The third-order valence-electron chi connectivity index (χ3n) is 8.68. The molecule has 7 rings (SSSR count). The second-order valence-corrected chi connectivity index (χ2v) is 11.6. The number of nitrogens with zero attached hydrogens (tertiary/aromatic N) is 2. The summed E-state index contributed by atoms with van der Waals surface area (Å²) in [5, 5.41) is 14.8. The summed E-state index contributed by atoms with van der Waals surface area (Å²) in [6.07, 6.45) is 3.62. The van der Waals surface area contributed by atoms with Crippen molar-refractivity contribution in [1.82, 2.24) is 4.90 Å². The van der Waals surface area contributed by atoms with Gasteiger partial charge in [0.15, 0.2) is 11.6 Å². The predicted molar refractivity (Wildman–Crippen MR) is 162 cm³/mol. The first-order valence-corrected chi connectivity index (χ1v) is 14.2. The van der Waals surface area contributed by atoms with Gasteiger partial charge in [0.25, 0.3) is 5.69 Å². The number of anilines is 1. The fourth-order valence-corrected chi connectivity index (χ4v) is 7.44. The second-order valence-electron chi connectivity index (χ2n) is 10.7. The van der Waals surface area contributed by atoms with Crippen LogP contribution in [0.25, 0.3) is 6.08 Å². The molecule has 1 N–H and O–H groups in total. The standard InChI is InChI=1S/C33H21Cl2N3O5/c34-20-11-14-23(25(35)17-20)30(40)28-27(29(39)19-9-12-21(13-10-19)38(42)43)33(24-7-3-4-8-26(24)36-32(33)41)31-22-6-2-1-5-18(22)15-16-37(28)31/h1-17,27-28,31H,(H,36,41)/t27-,28-,31+,33+/m0/s1. The van der Waals surface area contributed by atoms with Gasteiger partial charge < -0.3 is 10.2 Å². The zero-order chi connectivity index (χ0) is 30.0. The average molecular weight is 610 g/mol. The number of Topliss-reactive ketones (excluding diaryl/α,β-unsaturated/α-hetero) is 2. The van der Waals surface area contributed by atoms with Crippen molar-refractivity contribution in [2.75, 3.05) is 5.32 Å². The lowest BCUT2D eigenvalue weighted by molar-refractivity contribution is -0.384. The Labute approximate surface area is 255 Å². The summed E-state index contributed by atoms with van der Waals surface area (Å²) in [6, 6.07) is 22.6. The Morgan fingerprint density at radius 3 is 2.37 bits per heavy atom. The van der Waals surface area contributed by atoms with Crippen molar-refractivity contribution < 1.29 is 19.3 Å². The molecule has 4 atom stereocenters. The van der Waals surface area contributed by atoms with Crippen molar-refractivity contribution in [3.8, 4) is 0 Å². The van der Waals surface area contributed by atoms with Crippen LogP contribution in [0.4, 0.5) is 11.4 Å². The van der Waals surface area contributed by atoms with Crippen molar-refractivity contribution in [2.24, 2.45) is 5.92 Å². The highest BCUT2D eigenvalue weighted by Gasteiger charge is 2.70. The van der Waals surface area contributed by atoms with Gasteiger partial charge in [-0.3, -0.25) is 24.5 Å². The van der Waals surface area contributed by atoms with Crippen LogP contribution in [-0.4, -0.2) is 33.3 Å². The summed E-state index contributed by atoms with van der Waals surface area (Å²) in [5.41, 5.74) is 1.38. The van der Waals surface area contributed by atoms with Gasteiger partial charge >= 0.3 is 0 Å². The van der Waals surface area contributed by atoms with E-state index >= 15 is 0 Å². The Balaban J connectivity index is 1.52. The normalized spacial score (nSPS) is 23.0. The summed E-state index contributed by atoms with van der Waals surface area (Å²) in [5.74, 6) is -2.60. The van der Waals surface area contributed by atoms with Crippen molar-refractivity contribution in [3.05, 3.63) is 145 Å². The Kier molecular flexibility index (Phi) is 6.23. The molecule has 4 aromatic carbocycles. The van der Waals surface area contributed by atoms with Gasteiger partial charge in [-0.15, -0.1) is 0 Å². The molecule has 0 aliphatic carbocycles. The molecular weight excluding hydrogens is 589 g/mol. The molecule has 3 aliphatic heterocycles. The molecular formula is C33H21Cl2N3O5. The molecule has 0 aromatic heterocycles. The number of para-hydroxylation sites is 1. The van der Waals surface area contributed by atoms with Crippen LogP contribution in [0.2, 0.25) is 10.0 Å². The van der Waals surface area contributed by atoms with Crippen molar-refractivity contribution in [2.45, 2.75) is 17.5 Å². The number of carbonyl (C=O) groups excluding carboxylic acids is 3. The highest BCUT2D eigenvalue weighted by atomic mass is 35.5. The van der Waals surface area contributed by atoms with E-state index < -0.39 is 45.8 Å². The molecule has 0 radical (unpaired) electrons. The molecule has 1 amide bonds. The van der Waals surface area contributed by atoms with E-state index in [2.05, 4.69) is 5.32 Å². The van der Waals surface area contributed by atoms with Gasteiger partial charge in [0, 0.05) is 40.2 Å². The number of nitro benzene ring substituents is 1. The van der Waals surface area contributed by atoms with Gasteiger partial charge in [0.1, 0.15) is 11.5 Å². The van der Waals surface area contributed by atoms with E-state index in [9.17, 15) is 24.5 Å². The van der Waals surface area contributed by atoms with Crippen LogP contribution in [-0.2, 0) is 10.2 Å². The summed E-state index contributed by atoms with van der Waals surface area (Å²) < 4.78 is 0. The Morgan fingerprint density at radius 1 is 0.907 bits per heavy atom. The number of non-ortho nitro benzene ring substituents is 1. The van der Waals surface area contributed by atoms with Crippen LogP contribution in [0.3, 0.4) is 0 Å². The van der Waals surface area contributed by atoms with E-state index in [0.717, 1.165) is 11.1 Å². The Hall–Kier alpha value is -4.79. The number of hydrogen-bond donors (Lipinski definition) is 1. The van der Waals surface area contributed by atoms with Crippen LogP contribution in [0.15, 0.2) is 97.2 Å². The van der Waals surface area contributed by atoms with Gasteiger partial charge in [0.2, 0.25) is 5.91 Å². The van der Waals surface area contributed by atoms with Gasteiger partial charge in [-0.05, 0) is 59.2 Å². The molecule has 3 heterocycles. The Morgan fingerprint density at radius 2 is 1.63 bits per heavy atom. The number of ketones is 2. The molecule has 0 saturated carbocycles. The van der Waals surface area contributed by atoms with Crippen LogP contribution in [0, 0.1) is 16.0 Å². The monoisotopic (exact) mass is 609 g/mol. The number of rotatable bonds is 5. The lowest BCUT2D eigenvalue weighted by Gasteiger charge is -2.38. The first-order chi connectivity index (χ1) is 20.7. The van der Waals surface area contributed by atoms with Gasteiger partial charge in [-0.2, -0.15) is 0 Å². The fourth-order valence-electron chi connectivity index (χ4n) is 6.94. The van der Waals surface area contributed by atoms with Crippen molar-refractivity contribution >= 4 is 58.1 Å². The van der Waals surface area contributed by atoms with Crippen LogP contribution in [0.1, 0.15) is 43.4 Å². The summed E-state index contributed by atoms with van der Waals surface area (Å²) >= 11 is 12.7. The molecule has 10 heteroatoms. The highest BCUT2D eigenvalue weighted by molar-refractivity contribution is 6.37. The molecule has 0 bridgehead atoms. The highest BCUT2D eigenvalue weighted by Crippen LogP contribution is 2.62. The fraction of sp³-hybridized carbons (Fsp3) is 0.121. The first-order valence-electron chi connectivity index (χ1n) is 13.5. The summed E-state index contributed by atoms with van der Waals surface area (Å²) in [6.45, 7) is 0. The second kappa shape index (κ2) is 9.90. The predicted octanol–water partition coefficient (Wildman–Crippen LogP) is 6.88. The molecule has 3 aliphatic rings. The molecule has 8 nitrogen and oxygen atoms in total. The van der Waals surface area contributed by atoms with Crippen molar-refractivity contribution in [1.29, 1.82) is 0 Å². The maximum Gasteiger partial charge on any atom is 0.269 e. The largest absolute Gasteiger partial charge is 0.358 e. The zero-order valence-corrected chi connectivity index (χ0v) is 23.8. The average Bonchev–Trinajstić information content (AvgIpc) is 3.48. The third-order valence-corrected chi connectivity index (χ3v) is 9.23. The molecule has 43 heavy (non-hydrogen) atoms. The number of carbonyl (C=O) groups is 3. The number of halogens is 2. The molecule has 1 saturated heterocycles. The molecule has 4 aromatic rings.